The first kappa shape index (κ1) is 24.1. The van der Waals surface area contributed by atoms with Crippen molar-refractivity contribution in [2.24, 2.45) is 0 Å². The van der Waals surface area contributed by atoms with Gasteiger partial charge in [0.1, 0.15) is 0 Å². The Morgan fingerprint density at radius 1 is 0.439 bits per heavy atom. The second-order valence-corrected chi connectivity index (χ2v) is 11.5. The highest BCUT2D eigenvalue weighted by Crippen LogP contribution is 2.56. The average molecular weight is 525 g/mol. The Kier molecular flexibility index (Phi) is 5.41. The Morgan fingerprint density at radius 2 is 0.976 bits per heavy atom. The lowest BCUT2D eigenvalue weighted by Gasteiger charge is -2.31. The van der Waals surface area contributed by atoms with Gasteiger partial charge in [0.15, 0.2) is 0 Å². The molecular formula is C41H32. The van der Waals surface area contributed by atoms with Crippen LogP contribution in [0.3, 0.4) is 0 Å². The minimum absolute atomic E-state index is 0.0331. The van der Waals surface area contributed by atoms with E-state index in [1.165, 1.54) is 76.8 Å². The molecule has 0 heteroatoms. The van der Waals surface area contributed by atoms with Crippen LogP contribution in [0.2, 0.25) is 0 Å². The van der Waals surface area contributed by atoms with Crippen molar-refractivity contribution in [1.82, 2.24) is 0 Å². The van der Waals surface area contributed by atoms with Crippen LogP contribution in [0.25, 0.3) is 65.7 Å². The van der Waals surface area contributed by atoms with Crippen molar-refractivity contribution in [3.8, 4) is 33.4 Å². The lowest BCUT2D eigenvalue weighted by atomic mass is 9.72. The Balaban J connectivity index is 1.46. The van der Waals surface area contributed by atoms with Crippen molar-refractivity contribution in [3.05, 3.63) is 145 Å². The van der Waals surface area contributed by atoms with Gasteiger partial charge in [-0.1, -0.05) is 141 Å². The van der Waals surface area contributed by atoms with Crippen molar-refractivity contribution >= 4 is 32.3 Å². The third kappa shape index (κ3) is 3.34. The van der Waals surface area contributed by atoms with E-state index < -0.39 is 0 Å². The van der Waals surface area contributed by atoms with Gasteiger partial charge in [-0.15, -0.1) is 0 Å². The fourth-order valence-corrected chi connectivity index (χ4v) is 7.83. The average Bonchev–Trinajstić information content (AvgIpc) is 3.33. The van der Waals surface area contributed by atoms with Gasteiger partial charge in [-0.05, 0) is 95.7 Å². The van der Waals surface area contributed by atoms with E-state index in [0.717, 1.165) is 12.8 Å². The van der Waals surface area contributed by atoms with E-state index in [4.69, 9.17) is 0 Å². The quantitative estimate of drug-likeness (QED) is 0.201. The molecule has 0 N–H and O–H groups in total. The first-order valence-electron chi connectivity index (χ1n) is 14.9. The highest BCUT2D eigenvalue weighted by Gasteiger charge is 2.41. The summed E-state index contributed by atoms with van der Waals surface area (Å²) in [4.78, 5) is 0. The van der Waals surface area contributed by atoms with Crippen LogP contribution < -0.4 is 0 Å². The van der Waals surface area contributed by atoms with Crippen LogP contribution in [0.4, 0.5) is 0 Å². The van der Waals surface area contributed by atoms with Gasteiger partial charge in [-0.25, -0.2) is 0 Å². The molecule has 0 saturated carbocycles. The third-order valence-electron chi connectivity index (χ3n) is 9.72. The van der Waals surface area contributed by atoms with E-state index >= 15 is 0 Å². The number of hydrogen-bond donors (Lipinski definition) is 0. The Labute approximate surface area is 241 Å². The smallest absolute Gasteiger partial charge is 0.0216 e. The predicted octanol–water partition coefficient (Wildman–Crippen LogP) is 11.6. The zero-order valence-corrected chi connectivity index (χ0v) is 23.6. The van der Waals surface area contributed by atoms with Crippen LogP contribution in [-0.4, -0.2) is 0 Å². The summed E-state index contributed by atoms with van der Waals surface area (Å²) in [7, 11) is 0. The van der Waals surface area contributed by atoms with Gasteiger partial charge in [0, 0.05) is 5.41 Å². The molecule has 196 valence electrons. The molecular weight excluding hydrogens is 492 g/mol. The summed E-state index contributed by atoms with van der Waals surface area (Å²) in [5.41, 5.74) is 11.0. The Hall–Kier alpha value is -4.68. The molecule has 7 aromatic rings. The normalized spacial score (nSPS) is 13.5. The molecule has 0 bridgehead atoms. The molecule has 8 rings (SSSR count). The van der Waals surface area contributed by atoms with Crippen LogP contribution >= 0.6 is 0 Å². The molecule has 0 atom stereocenters. The van der Waals surface area contributed by atoms with Crippen LogP contribution in [0, 0.1) is 0 Å². The number of hydrogen-bond acceptors (Lipinski definition) is 0. The highest BCUT2D eigenvalue weighted by atomic mass is 14.4. The number of rotatable bonds is 4. The Morgan fingerprint density at radius 3 is 1.59 bits per heavy atom. The minimum Gasteiger partial charge on any atom is -0.0642 e. The highest BCUT2D eigenvalue weighted by molar-refractivity contribution is 6.21. The summed E-state index contributed by atoms with van der Waals surface area (Å²) in [5.74, 6) is 0. The maximum absolute atomic E-state index is 2.49. The topological polar surface area (TPSA) is 0 Å². The van der Waals surface area contributed by atoms with Crippen molar-refractivity contribution < 1.29 is 0 Å². The maximum atomic E-state index is 2.49. The lowest BCUT2D eigenvalue weighted by molar-refractivity contribution is 0.494. The van der Waals surface area contributed by atoms with Crippen molar-refractivity contribution in [3.63, 3.8) is 0 Å². The summed E-state index contributed by atoms with van der Waals surface area (Å²) in [6.07, 6.45) is 2.18. The standard InChI is InChI=1S/C41H32/c1-3-41(4-2)37-25-23-29(26-36(37)35-24-22-27-14-8-9-17-30(27)40(35)41)39-33-20-12-10-18-31(33)38(28-15-6-5-7-16-28)32-19-11-13-21-34(32)39/h5-26H,3-4H2,1-2H3. The zero-order valence-electron chi connectivity index (χ0n) is 23.6. The summed E-state index contributed by atoms with van der Waals surface area (Å²) in [6, 6.07) is 49.7. The first-order valence-corrected chi connectivity index (χ1v) is 14.9. The fourth-order valence-electron chi connectivity index (χ4n) is 7.83. The molecule has 1 aliphatic carbocycles. The van der Waals surface area contributed by atoms with Gasteiger partial charge in [0.05, 0.1) is 0 Å². The van der Waals surface area contributed by atoms with E-state index in [0.29, 0.717) is 0 Å². The number of benzene rings is 7. The summed E-state index contributed by atoms with van der Waals surface area (Å²) < 4.78 is 0. The Bertz CT molecular complexity index is 2050. The molecule has 1 aliphatic rings. The molecule has 0 heterocycles. The molecule has 7 aromatic carbocycles. The molecule has 0 nitrogen and oxygen atoms in total. The van der Waals surface area contributed by atoms with Crippen LogP contribution in [-0.2, 0) is 5.41 Å². The second-order valence-electron chi connectivity index (χ2n) is 11.5. The molecule has 0 aromatic heterocycles. The van der Waals surface area contributed by atoms with Crippen LogP contribution in [0.5, 0.6) is 0 Å². The third-order valence-corrected chi connectivity index (χ3v) is 9.72. The fraction of sp³-hybridized carbons (Fsp3) is 0.122. The first-order chi connectivity index (χ1) is 20.2. The van der Waals surface area contributed by atoms with E-state index in [9.17, 15) is 0 Å². The van der Waals surface area contributed by atoms with Gasteiger partial charge < -0.3 is 0 Å². The summed E-state index contributed by atoms with van der Waals surface area (Å²) in [5, 5.41) is 7.94. The molecule has 0 aliphatic heterocycles. The monoisotopic (exact) mass is 524 g/mol. The molecule has 0 radical (unpaired) electrons. The van der Waals surface area contributed by atoms with E-state index in [2.05, 4.69) is 147 Å². The number of fused-ring (bicyclic) bond motifs is 7. The summed E-state index contributed by atoms with van der Waals surface area (Å²) in [6.45, 7) is 4.72. The zero-order chi connectivity index (χ0) is 27.6. The minimum atomic E-state index is 0.0331. The van der Waals surface area contributed by atoms with Crippen LogP contribution in [0.1, 0.15) is 37.8 Å². The molecule has 0 spiro atoms. The molecule has 0 unspecified atom stereocenters. The van der Waals surface area contributed by atoms with Gasteiger partial charge in [-0.2, -0.15) is 0 Å². The van der Waals surface area contributed by atoms with E-state index in [1.54, 1.807) is 0 Å². The van der Waals surface area contributed by atoms with Gasteiger partial charge >= 0.3 is 0 Å². The van der Waals surface area contributed by atoms with Crippen molar-refractivity contribution in [1.29, 1.82) is 0 Å². The largest absolute Gasteiger partial charge is 0.0642 e. The van der Waals surface area contributed by atoms with Gasteiger partial charge in [0.2, 0.25) is 0 Å². The second kappa shape index (κ2) is 9.18. The molecule has 0 saturated heterocycles. The summed E-state index contributed by atoms with van der Waals surface area (Å²) >= 11 is 0. The molecule has 0 fully saturated rings. The predicted molar refractivity (Wildman–Crippen MR) is 177 cm³/mol. The molecule has 41 heavy (non-hydrogen) atoms. The van der Waals surface area contributed by atoms with Crippen molar-refractivity contribution in [2.45, 2.75) is 32.1 Å². The molecule has 0 amide bonds. The maximum Gasteiger partial charge on any atom is 0.0216 e. The van der Waals surface area contributed by atoms with Gasteiger partial charge in [-0.3, -0.25) is 0 Å². The lowest BCUT2D eigenvalue weighted by Crippen LogP contribution is -2.23. The van der Waals surface area contributed by atoms with E-state index in [-0.39, 0.29) is 5.41 Å². The SMILES string of the molecule is CCC1(CC)c2ccc(-c3c4ccccc4c(-c4ccccc4)c4ccccc34)cc2-c2ccc3ccccc3c21. The van der Waals surface area contributed by atoms with Crippen molar-refractivity contribution in [2.75, 3.05) is 0 Å². The van der Waals surface area contributed by atoms with E-state index in [1.807, 2.05) is 0 Å². The van der Waals surface area contributed by atoms with Gasteiger partial charge in [0.25, 0.3) is 0 Å². The van der Waals surface area contributed by atoms with Crippen LogP contribution in [0.15, 0.2) is 133 Å².